The molecule has 2 aromatic rings. The molecule has 0 aromatic carbocycles. The first-order chi connectivity index (χ1) is 14.0. The highest BCUT2D eigenvalue weighted by molar-refractivity contribution is 5.52. The number of hydrogen-bond acceptors (Lipinski definition) is 5. The predicted molar refractivity (Wildman–Crippen MR) is 119 cm³/mol. The van der Waals surface area contributed by atoms with Crippen LogP contribution in [0.4, 0.5) is 5.82 Å². The van der Waals surface area contributed by atoms with Crippen molar-refractivity contribution < 1.29 is 0 Å². The minimum Gasteiger partial charge on any atom is -0.346 e. The van der Waals surface area contributed by atoms with Crippen LogP contribution in [0.25, 0.3) is 0 Å². The number of rotatable bonds is 8. The second kappa shape index (κ2) is 9.77. The summed E-state index contributed by atoms with van der Waals surface area (Å²) < 4.78 is 0. The Balaban J connectivity index is 1.81. The molecular weight excluding hydrogens is 358 g/mol. The fourth-order valence-corrected chi connectivity index (χ4v) is 3.62. The van der Waals surface area contributed by atoms with Crippen molar-refractivity contribution >= 4 is 5.82 Å². The van der Waals surface area contributed by atoms with Crippen molar-refractivity contribution in [3.05, 3.63) is 64.2 Å². The van der Waals surface area contributed by atoms with Crippen molar-refractivity contribution in [1.82, 2.24) is 19.9 Å². The van der Waals surface area contributed by atoms with E-state index < -0.39 is 0 Å². The summed E-state index contributed by atoms with van der Waals surface area (Å²) in [4.78, 5) is 20.9. The maximum atomic E-state index is 4.81. The molecule has 0 saturated heterocycles. The summed E-state index contributed by atoms with van der Waals surface area (Å²) >= 11 is 0. The molecule has 1 aliphatic rings. The lowest BCUT2D eigenvalue weighted by atomic mass is 10.0. The van der Waals surface area contributed by atoms with Crippen molar-refractivity contribution in [3.63, 3.8) is 0 Å². The molecule has 2 aromatic heterocycles. The largest absolute Gasteiger partial charge is 0.346 e. The molecule has 0 atom stereocenters. The Kier molecular flexibility index (Phi) is 7.13. The van der Waals surface area contributed by atoms with E-state index in [1.54, 1.807) is 6.33 Å². The molecule has 0 unspecified atom stereocenters. The van der Waals surface area contributed by atoms with Crippen LogP contribution in [0.3, 0.4) is 0 Å². The smallest absolute Gasteiger partial charge is 0.135 e. The molecule has 0 amide bonds. The Morgan fingerprint density at radius 3 is 2.69 bits per heavy atom. The summed E-state index contributed by atoms with van der Waals surface area (Å²) in [6.07, 6.45) is 13.3. The van der Waals surface area contributed by atoms with E-state index in [4.69, 9.17) is 4.98 Å². The van der Waals surface area contributed by atoms with Crippen molar-refractivity contribution in [2.24, 2.45) is 0 Å². The van der Waals surface area contributed by atoms with Gasteiger partial charge in [-0.15, -0.1) is 0 Å². The third kappa shape index (κ3) is 5.08. The molecule has 29 heavy (non-hydrogen) atoms. The van der Waals surface area contributed by atoms with Gasteiger partial charge in [-0.3, -0.25) is 0 Å². The number of anilines is 1. The zero-order valence-corrected chi connectivity index (χ0v) is 18.5. The van der Waals surface area contributed by atoms with Crippen LogP contribution in [0.1, 0.15) is 75.3 Å². The Morgan fingerprint density at radius 1 is 1.14 bits per heavy atom. The number of allylic oxidation sites excluding steroid dienone is 4. The van der Waals surface area contributed by atoms with Crippen LogP contribution in [0, 0.1) is 6.92 Å². The van der Waals surface area contributed by atoms with Crippen molar-refractivity contribution in [3.8, 4) is 0 Å². The molecule has 5 heteroatoms. The third-order valence-electron chi connectivity index (χ3n) is 5.48. The highest BCUT2D eigenvalue weighted by Gasteiger charge is 2.24. The molecule has 0 saturated carbocycles. The van der Waals surface area contributed by atoms with E-state index in [1.165, 1.54) is 16.7 Å². The van der Waals surface area contributed by atoms with E-state index in [-0.39, 0.29) is 0 Å². The summed E-state index contributed by atoms with van der Waals surface area (Å²) in [5.74, 6) is 1.97. The van der Waals surface area contributed by atoms with Crippen LogP contribution in [-0.4, -0.2) is 19.9 Å². The van der Waals surface area contributed by atoms with Gasteiger partial charge in [0.1, 0.15) is 18.0 Å². The van der Waals surface area contributed by atoms with Gasteiger partial charge in [-0.25, -0.2) is 19.9 Å². The van der Waals surface area contributed by atoms with E-state index in [9.17, 15) is 0 Å². The number of aryl methyl sites for hydroxylation is 1. The van der Waals surface area contributed by atoms with Gasteiger partial charge in [-0.05, 0) is 39.2 Å². The monoisotopic (exact) mass is 391 g/mol. The lowest BCUT2D eigenvalue weighted by molar-refractivity contribution is 0.744. The lowest BCUT2D eigenvalue weighted by Crippen LogP contribution is -2.18. The zero-order chi connectivity index (χ0) is 20.8. The molecule has 0 spiro atoms. The standard InChI is InChI=1S/C24H33N5/c1-6-8-10-19(17(3)4)12-21-18(5)24(27-16-26-21)29-14-20-13-25-23(11-9-7-2)28-22(20)15-29/h8,10,13,16H,6-7,9,11-12,14-15H2,1-5H3/b10-8-. The van der Waals surface area contributed by atoms with Crippen LogP contribution in [0.2, 0.25) is 0 Å². The first-order valence-corrected chi connectivity index (χ1v) is 10.7. The van der Waals surface area contributed by atoms with Crippen molar-refractivity contribution in [1.29, 1.82) is 0 Å². The summed E-state index contributed by atoms with van der Waals surface area (Å²) in [5, 5.41) is 0. The molecule has 3 heterocycles. The average Bonchev–Trinajstić information content (AvgIpc) is 3.13. The van der Waals surface area contributed by atoms with E-state index in [2.05, 4.69) is 66.6 Å². The number of fused-ring (bicyclic) bond motifs is 1. The molecule has 0 fully saturated rings. The molecule has 3 rings (SSSR count). The fraction of sp³-hybridized carbons (Fsp3) is 0.500. The molecule has 0 aliphatic carbocycles. The van der Waals surface area contributed by atoms with Gasteiger partial charge in [0.25, 0.3) is 0 Å². The highest BCUT2D eigenvalue weighted by atomic mass is 15.2. The number of unbranched alkanes of at least 4 members (excludes halogenated alkanes) is 1. The SMILES string of the molecule is CC/C=C\C(Cc1ncnc(N2Cc3cnc(CCCC)nc3C2)c1C)=C(C)C. The van der Waals surface area contributed by atoms with Gasteiger partial charge < -0.3 is 4.90 Å². The quantitative estimate of drug-likeness (QED) is 0.573. The Morgan fingerprint density at radius 2 is 1.97 bits per heavy atom. The summed E-state index contributed by atoms with van der Waals surface area (Å²) in [6, 6.07) is 0. The average molecular weight is 392 g/mol. The van der Waals surface area contributed by atoms with Crippen LogP contribution < -0.4 is 4.90 Å². The first kappa shape index (κ1) is 21.2. The Hall–Kier alpha value is -2.56. The van der Waals surface area contributed by atoms with Gasteiger partial charge >= 0.3 is 0 Å². The van der Waals surface area contributed by atoms with E-state index in [0.29, 0.717) is 0 Å². The second-order valence-electron chi connectivity index (χ2n) is 8.00. The van der Waals surface area contributed by atoms with Gasteiger partial charge in [-0.1, -0.05) is 38.0 Å². The minimum absolute atomic E-state index is 0.791. The minimum atomic E-state index is 0.791. The van der Waals surface area contributed by atoms with E-state index in [0.717, 1.165) is 73.8 Å². The molecule has 5 nitrogen and oxygen atoms in total. The number of nitrogens with zero attached hydrogens (tertiary/aromatic N) is 5. The van der Waals surface area contributed by atoms with Gasteiger partial charge in [0.05, 0.1) is 17.9 Å². The normalized spacial score (nSPS) is 13.2. The van der Waals surface area contributed by atoms with Crippen LogP contribution >= 0.6 is 0 Å². The van der Waals surface area contributed by atoms with Crippen molar-refractivity contribution in [2.75, 3.05) is 4.90 Å². The van der Waals surface area contributed by atoms with Crippen LogP contribution in [-0.2, 0) is 25.9 Å². The molecule has 1 aliphatic heterocycles. The van der Waals surface area contributed by atoms with E-state index >= 15 is 0 Å². The Labute approximate surface area is 175 Å². The molecule has 0 radical (unpaired) electrons. The van der Waals surface area contributed by atoms with Gasteiger partial charge in [0.15, 0.2) is 0 Å². The summed E-state index contributed by atoms with van der Waals surface area (Å²) in [7, 11) is 0. The van der Waals surface area contributed by atoms with E-state index in [1.807, 2.05) is 6.20 Å². The van der Waals surface area contributed by atoms with Crippen LogP contribution in [0.15, 0.2) is 35.8 Å². The predicted octanol–water partition coefficient (Wildman–Crippen LogP) is 5.28. The zero-order valence-electron chi connectivity index (χ0n) is 18.5. The molecule has 0 bridgehead atoms. The second-order valence-corrected chi connectivity index (χ2v) is 8.00. The maximum Gasteiger partial charge on any atom is 0.135 e. The third-order valence-corrected chi connectivity index (χ3v) is 5.48. The van der Waals surface area contributed by atoms with Gasteiger partial charge in [-0.2, -0.15) is 0 Å². The lowest BCUT2D eigenvalue weighted by Gasteiger charge is -2.20. The number of aromatic nitrogens is 4. The molecule has 154 valence electrons. The number of hydrogen-bond donors (Lipinski definition) is 0. The first-order valence-electron chi connectivity index (χ1n) is 10.7. The highest BCUT2D eigenvalue weighted by Crippen LogP contribution is 2.29. The summed E-state index contributed by atoms with van der Waals surface area (Å²) in [6.45, 7) is 12.4. The topological polar surface area (TPSA) is 54.8 Å². The Bertz CT molecular complexity index is 909. The van der Waals surface area contributed by atoms with Crippen LogP contribution in [0.5, 0.6) is 0 Å². The van der Waals surface area contributed by atoms with Gasteiger partial charge in [0, 0.05) is 36.7 Å². The van der Waals surface area contributed by atoms with Crippen molar-refractivity contribution in [2.45, 2.75) is 79.8 Å². The fourth-order valence-electron chi connectivity index (χ4n) is 3.62. The molecule has 0 N–H and O–H groups in total. The maximum absolute atomic E-state index is 4.81. The summed E-state index contributed by atoms with van der Waals surface area (Å²) in [5.41, 5.74) is 7.26. The van der Waals surface area contributed by atoms with Gasteiger partial charge in [0.2, 0.25) is 0 Å². The molecular formula is C24H33N5.